The van der Waals surface area contributed by atoms with Gasteiger partial charge in [-0.25, -0.2) is 0 Å². The normalized spacial score (nSPS) is 17.1. The number of hydrogen-bond donors (Lipinski definition) is 1. The van der Waals surface area contributed by atoms with Crippen molar-refractivity contribution in [3.63, 3.8) is 0 Å². The molecule has 0 heterocycles. The molecule has 0 spiro atoms. The van der Waals surface area contributed by atoms with E-state index < -0.39 is 0 Å². The molecule has 88 valence electrons. The zero-order valence-electron chi connectivity index (χ0n) is 10.4. The van der Waals surface area contributed by atoms with Crippen LogP contribution in [0, 0.1) is 13.8 Å². The number of hydrogen-bond acceptors (Lipinski definition) is 3. The standard InChI is InChI=1S/C13H19NO2/c1-8-9(2)12(16-4)10(7-11(8)15-3)13(14)5-6-13/h7H,5-6,14H2,1-4H3. The molecule has 3 nitrogen and oxygen atoms in total. The first-order valence-corrected chi connectivity index (χ1v) is 5.55. The molecule has 0 aliphatic heterocycles. The zero-order valence-corrected chi connectivity index (χ0v) is 10.4. The third-order valence-electron chi connectivity index (χ3n) is 3.54. The molecule has 1 saturated carbocycles. The topological polar surface area (TPSA) is 44.5 Å². The Morgan fingerprint density at radius 3 is 2.19 bits per heavy atom. The van der Waals surface area contributed by atoms with Crippen molar-refractivity contribution in [2.24, 2.45) is 5.73 Å². The zero-order chi connectivity index (χ0) is 11.9. The van der Waals surface area contributed by atoms with E-state index >= 15 is 0 Å². The highest BCUT2D eigenvalue weighted by Gasteiger charge is 2.43. The van der Waals surface area contributed by atoms with E-state index in [1.54, 1.807) is 14.2 Å². The van der Waals surface area contributed by atoms with Gasteiger partial charge in [0.05, 0.1) is 14.2 Å². The van der Waals surface area contributed by atoms with Crippen molar-refractivity contribution in [1.82, 2.24) is 0 Å². The molecule has 1 aliphatic carbocycles. The Morgan fingerprint density at radius 2 is 1.75 bits per heavy atom. The van der Waals surface area contributed by atoms with Crippen LogP contribution in [0.4, 0.5) is 0 Å². The summed E-state index contributed by atoms with van der Waals surface area (Å²) in [5.74, 6) is 1.81. The van der Waals surface area contributed by atoms with Gasteiger partial charge in [-0.3, -0.25) is 0 Å². The van der Waals surface area contributed by atoms with Crippen molar-refractivity contribution in [3.05, 3.63) is 22.8 Å². The highest BCUT2D eigenvalue weighted by Crippen LogP contribution is 2.49. The van der Waals surface area contributed by atoms with E-state index in [0.717, 1.165) is 41.0 Å². The number of ether oxygens (including phenoxy) is 2. The maximum atomic E-state index is 6.25. The fourth-order valence-electron chi connectivity index (χ4n) is 2.11. The lowest BCUT2D eigenvalue weighted by Gasteiger charge is -2.20. The van der Waals surface area contributed by atoms with Crippen LogP contribution in [0.1, 0.15) is 29.5 Å². The van der Waals surface area contributed by atoms with Crippen LogP contribution in [-0.4, -0.2) is 14.2 Å². The number of rotatable bonds is 3. The van der Waals surface area contributed by atoms with Gasteiger partial charge in [-0.15, -0.1) is 0 Å². The molecule has 0 bridgehead atoms. The highest BCUT2D eigenvalue weighted by atomic mass is 16.5. The Morgan fingerprint density at radius 1 is 1.12 bits per heavy atom. The van der Waals surface area contributed by atoms with E-state index in [4.69, 9.17) is 15.2 Å². The van der Waals surface area contributed by atoms with Crippen molar-refractivity contribution in [1.29, 1.82) is 0 Å². The summed E-state index contributed by atoms with van der Waals surface area (Å²) in [5.41, 5.74) is 9.37. The molecule has 2 rings (SSSR count). The van der Waals surface area contributed by atoms with Crippen LogP contribution >= 0.6 is 0 Å². The summed E-state index contributed by atoms with van der Waals surface area (Å²) < 4.78 is 10.9. The van der Waals surface area contributed by atoms with Crippen LogP contribution in [0.15, 0.2) is 6.07 Å². The molecule has 1 aromatic rings. The summed E-state index contributed by atoms with van der Waals surface area (Å²) in [4.78, 5) is 0. The predicted octanol–water partition coefficient (Wildman–Crippen LogP) is 2.27. The van der Waals surface area contributed by atoms with Gasteiger partial charge in [0.25, 0.3) is 0 Å². The average Bonchev–Trinajstić information content (AvgIpc) is 3.01. The molecule has 1 aromatic carbocycles. The smallest absolute Gasteiger partial charge is 0.127 e. The van der Waals surface area contributed by atoms with Crippen molar-refractivity contribution >= 4 is 0 Å². The fourth-order valence-corrected chi connectivity index (χ4v) is 2.11. The Labute approximate surface area is 96.5 Å². The fraction of sp³-hybridized carbons (Fsp3) is 0.538. The second-order valence-electron chi connectivity index (χ2n) is 4.57. The van der Waals surface area contributed by atoms with Gasteiger partial charge in [0.15, 0.2) is 0 Å². The molecule has 0 atom stereocenters. The van der Waals surface area contributed by atoms with Gasteiger partial charge in [0.1, 0.15) is 11.5 Å². The van der Waals surface area contributed by atoms with Crippen LogP contribution in [0.3, 0.4) is 0 Å². The SMILES string of the molecule is COc1cc(C2(N)CC2)c(OC)c(C)c1C. The minimum atomic E-state index is -0.197. The quantitative estimate of drug-likeness (QED) is 0.851. The van der Waals surface area contributed by atoms with Crippen LogP contribution in [0.5, 0.6) is 11.5 Å². The lowest BCUT2D eigenvalue weighted by atomic mass is 9.97. The van der Waals surface area contributed by atoms with Gasteiger partial charge in [-0.2, -0.15) is 0 Å². The van der Waals surface area contributed by atoms with Gasteiger partial charge in [-0.05, 0) is 43.9 Å². The van der Waals surface area contributed by atoms with Crippen molar-refractivity contribution < 1.29 is 9.47 Å². The van der Waals surface area contributed by atoms with E-state index in [9.17, 15) is 0 Å². The summed E-state index contributed by atoms with van der Waals surface area (Å²) in [7, 11) is 3.39. The van der Waals surface area contributed by atoms with Crippen molar-refractivity contribution in [3.8, 4) is 11.5 Å². The lowest BCUT2D eigenvalue weighted by Crippen LogP contribution is -2.20. The number of nitrogens with two attached hydrogens (primary N) is 1. The summed E-state index contributed by atoms with van der Waals surface area (Å²) in [6.07, 6.45) is 2.05. The minimum absolute atomic E-state index is 0.197. The van der Waals surface area contributed by atoms with Crippen LogP contribution in [0.2, 0.25) is 0 Å². The molecular weight excluding hydrogens is 202 g/mol. The van der Waals surface area contributed by atoms with Gasteiger partial charge < -0.3 is 15.2 Å². The maximum absolute atomic E-state index is 6.25. The third-order valence-corrected chi connectivity index (χ3v) is 3.54. The molecule has 1 aliphatic rings. The molecule has 16 heavy (non-hydrogen) atoms. The number of benzene rings is 1. The van der Waals surface area contributed by atoms with Gasteiger partial charge in [0, 0.05) is 11.1 Å². The Bertz CT molecular complexity index is 422. The third kappa shape index (κ3) is 1.55. The van der Waals surface area contributed by atoms with Gasteiger partial charge >= 0.3 is 0 Å². The number of methoxy groups -OCH3 is 2. The van der Waals surface area contributed by atoms with Crippen molar-refractivity contribution in [2.75, 3.05) is 14.2 Å². The second-order valence-corrected chi connectivity index (χ2v) is 4.57. The molecule has 0 aromatic heterocycles. The van der Waals surface area contributed by atoms with Crippen molar-refractivity contribution in [2.45, 2.75) is 32.2 Å². The van der Waals surface area contributed by atoms with E-state index in [0.29, 0.717) is 0 Å². The average molecular weight is 221 g/mol. The first-order chi connectivity index (χ1) is 7.53. The Kier molecular flexibility index (Phi) is 2.58. The molecule has 0 saturated heterocycles. The summed E-state index contributed by atoms with van der Waals surface area (Å²) >= 11 is 0. The molecule has 1 fully saturated rings. The lowest BCUT2D eigenvalue weighted by molar-refractivity contribution is 0.389. The van der Waals surface area contributed by atoms with E-state index in [1.807, 2.05) is 19.9 Å². The molecule has 0 unspecified atom stereocenters. The summed E-state index contributed by atoms with van der Waals surface area (Å²) in [6.45, 7) is 4.09. The first kappa shape index (κ1) is 11.3. The summed E-state index contributed by atoms with van der Waals surface area (Å²) in [5, 5.41) is 0. The van der Waals surface area contributed by atoms with Gasteiger partial charge in [-0.1, -0.05) is 0 Å². The van der Waals surface area contributed by atoms with Gasteiger partial charge in [0.2, 0.25) is 0 Å². The van der Waals surface area contributed by atoms with E-state index in [2.05, 4.69) is 0 Å². The highest BCUT2D eigenvalue weighted by molar-refractivity contribution is 5.56. The summed E-state index contributed by atoms with van der Waals surface area (Å²) in [6, 6.07) is 2.02. The minimum Gasteiger partial charge on any atom is -0.496 e. The van der Waals surface area contributed by atoms with Crippen LogP contribution < -0.4 is 15.2 Å². The maximum Gasteiger partial charge on any atom is 0.127 e. The van der Waals surface area contributed by atoms with Crippen LogP contribution in [0.25, 0.3) is 0 Å². The molecule has 0 radical (unpaired) electrons. The van der Waals surface area contributed by atoms with E-state index in [1.165, 1.54) is 0 Å². The van der Waals surface area contributed by atoms with E-state index in [-0.39, 0.29) is 5.54 Å². The Balaban J connectivity index is 2.62. The molecular formula is C13H19NO2. The molecule has 0 amide bonds. The predicted molar refractivity (Wildman–Crippen MR) is 64.1 cm³/mol. The molecule has 2 N–H and O–H groups in total. The molecule has 3 heteroatoms. The van der Waals surface area contributed by atoms with Crippen LogP contribution in [-0.2, 0) is 5.54 Å². The first-order valence-electron chi connectivity index (χ1n) is 5.55. The monoisotopic (exact) mass is 221 g/mol. The Hall–Kier alpha value is -1.22. The largest absolute Gasteiger partial charge is 0.496 e. The second kappa shape index (κ2) is 3.67.